The van der Waals surface area contributed by atoms with E-state index in [0.29, 0.717) is 18.2 Å². The Balaban J connectivity index is 2.30. The molecule has 150 valence electrons. The lowest BCUT2D eigenvalue weighted by Gasteiger charge is -2.47. The normalized spacial score (nSPS) is 27.4. The molecule has 0 N–H and O–H groups in total. The van der Waals surface area contributed by atoms with Crippen molar-refractivity contribution in [2.45, 2.75) is 103 Å². The van der Waals surface area contributed by atoms with Gasteiger partial charge in [-0.15, -0.1) is 0 Å². The van der Waals surface area contributed by atoms with Crippen LogP contribution < -0.4 is 0 Å². The predicted octanol–water partition coefficient (Wildman–Crippen LogP) is 5.92. The van der Waals surface area contributed by atoms with Gasteiger partial charge < -0.3 is 9.33 Å². The summed E-state index contributed by atoms with van der Waals surface area (Å²) in [6.45, 7) is 15.3. The summed E-state index contributed by atoms with van der Waals surface area (Å²) in [5.41, 5.74) is 0.881. The summed E-state index contributed by atoms with van der Waals surface area (Å²) in [7, 11) is -1.77. The van der Waals surface area contributed by atoms with Gasteiger partial charge in [-0.3, -0.25) is 4.79 Å². The average molecular weight is 380 g/mol. The molecule has 2 rings (SSSR count). The first-order valence-corrected chi connectivity index (χ1v) is 13.6. The molecule has 0 aromatic carbocycles. The van der Waals surface area contributed by atoms with Gasteiger partial charge in [0, 0.05) is 19.5 Å². The van der Waals surface area contributed by atoms with E-state index < -0.39 is 8.32 Å². The standard InChI is InChI=1S/C22H41NO2Si/c1-6-26(7-2,8-3)25-22(19(4)5)15-11-9-10-14-20(22)18-21(24)23-16-12-13-17-23/h20H,4,6-18H2,1-3,5H3/t20-,22+/m1/s1. The van der Waals surface area contributed by atoms with Gasteiger partial charge in [0.25, 0.3) is 0 Å². The summed E-state index contributed by atoms with van der Waals surface area (Å²) in [5.74, 6) is 0.646. The zero-order valence-corrected chi connectivity index (χ0v) is 18.7. The minimum Gasteiger partial charge on any atom is -0.407 e. The lowest BCUT2D eigenvalue weighted by Crippen LogP contribution is -2.52. The molecule has 2 atom stereocenters. The largest absolute Gasteiger partial charge is 0.407 e. The summed E-state index contributed by atoms with van der Waals surface area (Å²) in [4.78, 5) is 15.0. The van der Waals surface area contributed by atoms with E-state index in [1.54, 1.807) is 0 Å². The van der Waals surface area contributed by atoms with Crippen LogP contribution in [0.3, 0.4) is 0 Å². The van der Waals surface area contributed by atoms with Crippen LogP contribution in [-0.2, 0) is 9.22 Å². The molecule has 1 aliphatic carbocycles. The van der Waals surface area contributed by atoms with Crippen molar-refractivity contribution in [3.05, 3.63) is 12.2 Å². The van der Waals surface area contributed by atoms with E-state index in [9.17, 15) is 4.79 Å². The minimum absolute atomic E-state index is 0.278. The summed E-state index contributed by atoms with van der Waals surface area (Å²) in [6, 6.07) is 3.46. The third kappa shape index (κ3) is 4.62. The van der Waals surface area contributed by atoms with E-state index in [4.69, 9.17) is 4.43 Å². The fourth-order valence-electron chi connectivity index (χ4n) is 5.10. The Morgan fingerprint density at radius 3 is 2.23 bits per heavy atom. The van der Waals surface area contributed by atoms with E-state index in [-0.39, 0.29) is 5.60 Å². The molecule has 4 heteroatoms. The predicted molar refractivity (Wildman–Crippen MR) is 113 cm³/mol. The summed E-state index contributed by atoms with van der Waals surface area (Å²) >= 11 is 0. The smallest absolute Gasteiger partial charge is 0.222 e. The summed E-state index contributed by atoms with van der Waals surface area (Å²) < 4.78 is 7.20. The Hall–Kier alpha value is -0.613. The van der Waals surface area contributed by atoms with Crippen molar-refractivity contribution in [2.24, 2.45) is 5.92 Å². The van der Waals surface area contributed by atoms with Gasteiger partial charge in [0.05, 0.1) is 5.60 Å². The zero-order chi connectivity index (χ0) is 19.2. The van der Waals surface area contributed by atoms with Crippen molar-refractivity contribution in [2.75, 3.05) is 13.1 Å². The molecule has 2 aliphatic rings. The molecule has 1 saturated heterocycles. The summed E-state index contributed by atoms with van der Waals surface area (Å²) in [6.07, 6.45) is 8.80. The topological polar surface area (TPSA) is 29.5 Å². The van der Waals surface area contributed by atoms with Crippen LogP contribution in [0.15, 0.2) is 12.2 Å². The van der Waals surface area contributed by atoms with E-state index in [1.807, 2.05) is 0 Å². The van der Waals surface area contributed by atoms with Gasteiger partial charge in [-0.2, -0.15) is 0 Å². The molecule has 1 amide bonds. The highest BCUT2D eigenvalue weighted by atomic mass is 28.4. The number of amides is 1. The van der Waals surface area contributed by atoms with Crippen molar-refractivity contribution in [3.8, 4) is 0 Å². The SMILES string of the molecule is C=C(C)[C@@]1(O[Si](CC)(CC)CC)CCCCC[C@@H]1CC(=O)N1CCCC1. The maximum atomic E-state index is 13.0. The van der Waals surface area contributed by atoms with Crippen molar-refractivity contribution in [3.63, 3.8) is 0 Å². The van der Waals surface area contributed by atoms with Crippen LogP contribution in [0.2, 0.25) is 18.1 Å². The van der Waals surface area contributed by atoms with Gasteiger partial charge in [0.2, 0.25) is 5.91 Å². The number of likely N-dealkylation sites (tertiary alicyclic amines) is 1. The third-order valence-electron chi connectivity index (χ3n) is 7.19. The molecule has 1 heterocycles. The van der Waals surface area contributed by atoms with Gasteiger partial charge >= 0.3 is 0 Å². The van der Waals surface area contributed by atoms with E-state index in [1.165, 1.54) is 19.3 Å². The van der Waals surface area contributed by atoms with E-state index in [0.717, 1.165) is 62.5 Å². The Morgan fingerprint density at radius 2 is 1.69 bits per heavy atom. The van der Waals surface area contributed by atoms with Gasteiger partial charge in [-0.05, 0) is 62.2 Å². The van der Waals surface area contributed by atoms with Crippen LogP contribution in [0.1, 0.15) is 79.1 Å². The fraction of sp³-hybridized carbons (Fsp3) is 0.864. The molecule has 3 nitrogen and oxygen atoms in total. The van der Waals surface area contributed by atoms with Crippen molar-refractivity contribution in [1.29, 1.82) is 0 Å². The molecule has 0 aromatic heterocycles. The maximum Gasteiger partial charge on any atom is 0.222 e. The van der Waals surface area contributed by atoms with E-state index >= 15 is 0 Å². The number of rotatable bonds is 8. The lowest BCUT2D eigenvalue weighted by molar-refractivity contribution is -0.133. The van der Waals surface area contributed by atoms with Crippen LogP contribution in [0, 0.1) is 5.92 Å². The molecule has 0 unspecified atom stereocenters. The van der Waals surface area contributed by atoms with Crippen LogP contribution >= 0.6 is 0 Å². The first kappa shape index (κ1) is 21.7. The second kappa shape index (κ2) is 9.54. The van der Waals surface area contributed by atoms with E-state index in [2.05, 4.69) is 39.2 Å². The highest BCUT2D eigenvalue weighted by Crippen LogP contribution is 2.45. The number of nitrogens with zero attached hydrogens (tertiary/aromatic N) is 1. The monoisotopic (exact) mass is 379 g/mol. The fourth-order valence-corrected chi connectivity index (χ4v) is 8.25. The zero-order valence-electron chi connectivity index (χ0n) is 17.7. The maximum absolute atomic E-state index is 13.0. The molecular formula is C22H41NO2Si. The van der Waals surface area contributed by atoms with Crippen molar-refractivity contribution in [1.82, 2.24) is 4.90 Å². The number of hydrogen-bond donors (Lipinski definition) is 0. The molecule has 0 bridgehead atoms. The summed E-state index contributed by atoms with van der Waals surface area (Å²) in [5, 5.41) is 0. The molecule has 1 saturated carbocycles. The van der Waals surface area contributed by atoms with Crippen molar-refractivity contribution < 1.29 is 9.22 Å². The second-order valence-corrected chi connectivity index (χ2v) is 13.3. The van der Waals surface area contributed by atoms with Crippen LogP contribution in [0.5, 0.6) is 0 Å². The van der Waals surface area contributed by atoms with Gasteiger partial charge in [-0.25, -0.2) is 0 Å². The first-order valence-electron chi connectivity index (χ1n) is 11.1. The average Bonchev–Trinajstić information content (AvgIpc) is 3.11. The quantitative estimate of drug-likeness (QED) is 0.298. The third-order valence-corrected chi connectivity index (χ3v) is 11.9. The first-order chi connectivity index (χ1) is 12.4. The highest BCUT2D eigenvalue weighted by molar-refractivity contribution is 6.73. The Bertz CT molecular complexity index is 474. The van der Waals surface area contributed by atoms with Crippen LogP contribution in [-0.4, -0.2) is 37.8 Å². The lowest BCUT2D eigenvalue weighted by atomic mass is 9.76. The molecule has 0 aromatic rings. The molecule has 26 heavy (non-hydrogen) atoms. The Kier molecular flexibility index (Phi) is 7.96. The number of hydrogen-bond acceptors (Lipinski definition) is 2. The molecule has 0 spiro atoms. The van der Waals surface area contributed by atoms with Crippen molar-refractivity contribution >= 4 is 14.2 Å². The van der Waals surface area contributed by atoms with Crippen LogP contribution in [0.4, 0.5) is 0 Å². The molecular weight excluding hydrogens is 338 g/mol. The second-order valence-electron chi connectivity index (χ2n) is 8.60. The number of carbonyl (C=O) groups is 1. The van der Waals surface area contributed by atoms with Gasteiger partial charge in [0.15, 0.2) is 8.32 Å². The van der Waals surface area contributed by atoms with Crippen LogP contribution in [0.25, 0.3) is 0 Å². The molecule has 0 radical (unpaired) electrons. The Labute approximate surface area is 162 Å². The minimum atomic E-state index is -1.77. The van der Waals surface area contributed by atoms with Gasteiger partial charge in [-0.1, -0.05) is 46.6 Å². The Morgan fingerprint density at radius 1 is 1.08 bits per heavy atom. The number of carbonyl (C=O) groups excluding carboxylic acids is 1. The molecule has 1 aliphatic heterocycles. The van der Waals surface area contributed by atoms with Gasteiger partial charge in [0.1, 0.15) is 0 Å². The highest BCUT2D eigenvalue weighted by Gasteiger charge is 2.47. The molecule has 2 fully saturated rings.